The third-order valence-electron chi connectivity index (χ3n) is 4.95. The number of rotatable bonds is 4. The Morgan fingerprint density at radius 2 is 1.93 bits per heavy atom. The summed E-state index contributed by atoms with van der Waals surface area (Å²) in [4.78, 5) is 29.5. The number of carbonyl (C=O) groups excluding carboxylic acids is 1. The largest absolute Gasteiger partial charge is 0.478 e. The van der Waals surface area contributed by atoms with Gasteiger partial charge >= 0.3 is 5.97 Å². The maximum Gasteiger partial charge on any atom is 0.337 e. The minimum atomic E-state index is -3.50. The molecule has 1 N–H and O–H groups in total. The van der Waals surface area contributed by atoms with Gasteiger partial charge in [-0.15, -0.1) is 0 Å². The number of piperidine rings is 1. The second kappa shape index (κ2) is 7.91. The van der Waals surface area contributed by atoms with E-state index in [1.54, 1.807) is 0 Å². The molecule has 3 heterocycles. The van der Waals surface area contributed by atoms with E-state index in [0.717, 1.165) is 0 Å². The van der Waals surface area contributed by atoms with Crippen molar-refractivity contribution in [2.24, 2.45) is 0 Å². The summed E-state index contributed by atoms with van der Waals surface area (Å²) in [6.45, 7) is 3.53. The van der Waals surface area contributed by atoms with Crippen LogP contribution in [0.25, 0.3) is 0 Å². The number of hydrogen-bond acceptors (Lipinski definition) is 6. The lowest BCUT2D eigenvalue weighted by molar-refractivity contribution is 0.0676. The second-order valence-corrected chi connectivity index (χ2v) is 8.92. The fraction of sp³-hybridized carbons (Fsp3) is 0.588. The molecule has 2 saturated heterocycles. The van der Waals surface area contributed by atoms with Crippen molar-refractivity contribution in [2.75, 3.05) is 39.4 Å². The molecule has 2 aliphatic rings. The van der Waals surface area contributed by atoms with Crippen molar-refractivity contribution in [1.82, 2.24) is 14.2 Å². The third kappa shape index (κ3) is 4.12. The number of carbonyl (C=O) groups is 2. The Labute approximate surface area is 158 Å². The van der Waals surface area contributed by atoms with Crippen LogP contribution in [-0.4, -0.2) is 84.2 Å². The van der Waals surface area contributed by atoms with Crippen molar-refractivity contribution in [3.63, 3.8) is 0 Å². The molecule has 3 rings (SSSR count). The molecule has 2 aliphatic heterocycles. The third-order valence-corrected chi connectivity index (χ3v) is 7.26. The molecule has 1 amide bonds. The highest BCUT2D eigenvalue weighted by molar-refractivity contribution is 7.89. The van der Waals surface area contributed by atoms with Gasteiger partial charge < -0.3 is 14.7 Å². The summed E-state index contributed by atoms with van der Waals surface area (Å²) in [5, 5.41) is 8.43. The molecule has 0 bridgehead atoms. The zero-order valence-electron chi connectivity index (χ0n) is 15.1. The van der Waals surface area contributed by atoms with Crippen molar-refractivity contribution in [3.8, 4) is 0 Å². The van der Waals surface area contributed by atoms with Gasteiger partial charge in [0, 0.05) is 26.2 Å². The number of amides is 1. The van der Waals surface area contributed by atoms with Crippen molar-refractivity contribution in [2.45, 2.75) is 25.0 Å². The molecular weight excluding hydrogens is 374 g/mol. The van der Waals surface area contributed by atoms with Crippen LogP contribution < -0.4 is 0 Å². The number of hydrogen-bond donors (Lipinski definition) is 1. The Morgan fingerprint density at radius 3 is 2.56 bits per heavy atom. The summed E-state index contributed by atoms with van der Waals surface area (Å²) in [5.41, 5.74) is 0.419. The number of carboxylic acids is 1. The van der Waals surface area contributed by atoms with Gasteiger partial charge in [-0.1, -0.05) is 0 Å². The average molecular weight is 397 g/mol. The lowest BCUT2D eigenvalue weighted by Crippen LogP contribution is -2.51. The molecule has 1 unspecified atom stereocenters. The Balaban J connectivity index is 1.75. The first-order chi connectivity index (χ1) is 12.8. The first-order valence-electron chi connectivity index (χ1n) is 8.87. The fourth-order valence-corrected chi connectivity index (χ4v) is 5.36. The van der Waals surface area contributed by atoms with E-state index in [1.165, 1.54) is 28.3 Å². The van der Waals surface area contributed by atoms with Gasteiger partial charge in [0.05, 0.1) is 29.7 Å². The predicted molar refractivity (Wildman–Crippen MR) is 96.2 cm³/mol. The summed E-state index contributed by atoms with van der Waals surface area (Å²) in [5.74, 6) is -1.48. The summed E-state index contributed by atoms with van der Waals surface area (Å²) in [6, 6.07) is 2.72. The van der Waals surface area contributed by atoms with Gasteiger partial charge in [0.2, 0.25) is 10.0 Å². The monoisotopic (exact) mass is 397 g/mol. The highest BCUT2D eigenvalue weighted by Crippen LogP contribution is 2.22. The van der Waals surface area contributed by atoms with E-state index in [0.29, 0.717) is 45.7 Å². The number of ether oxygens (including phenoxy) is 1. The standard InChI is InChI=1S/C17H23N3O6S/c1-12-14(17(22)23)4-5-15(18-12)16(21)19-6-2-3-13(11-19)27(24,25)20-7-9-26-10-8-20/h4-5,13H,2-3,6-11H2,1H3,(H,22,23). The lowest BCUT2D eigenvalue weighted by Gasteiger charge is -2.36. The summed E-state index contributed by atoms with van der Waals surface area (Å²) >= 11 is 0. The van der Waals surface area contributed by atoms with Crippen LogP contribution in [0.2, 0.25) is 0 Å². The molecule has 9 nitrogen and oxygen atoms in total. The Kier molecular flexibility index (Phi) is 5.78. The molecule has 1 atom stereocenters. The van der Waals surface area contributed by atoms with E-state index >= 15 is 0 Å². The molecule has 2 fully saturated rings. The molecule has 1 aromatic rings. The zero-order valence-corrected chi connectivity index (χ0v) is 15.9. The van der Waals surface area contributed by atoms with Crippen LogP contribution in [0.4, 0.5) is 0 Å². The zero-order chi connectivity index (χ0) is 19.6. The van der Waals surface area contributed by atoms with Gasteiger partial charge in [-0.3, -0.25) is 4.79 Å². The molecule has 0 radical (unpaired) electrons. The van der Waals surface area contributed by atoms with Crippen LogP contribution in [0.3, 0.4) is 0 Å². The molecule has 10 heteroatoms. The minimum absolute atomic E-state index is 0.0398. The van der Waals surface area contributed by atoms with Crippen molar-refractivity contribution in [1.29, 1.82) is 0 Å². The number of morpholine rings is 1. The van der Waals surface area contributed by atoms with E-state index in [1.807, 2.05) is 0 Å². The Hall–Kier alpha value is -2.04. The molecule has 148 valence electrons. The Morgan fingerprint density at radius 1 is 1.22 bits per heavy atom. The number of nitrogens with zero attached hydrogens (tertiary/aromatic N) is 3. The van der Waals surface area contributed by atoms with Crippen molar-refractivity contribution >= 4 is 21.9 Å². The molecule has 27 heavy (non-hydrogen) atoms. The maximum absolute atomic E-state index is 12.9. The predicted octanol–water partition coefficient (Wildman–Crippen LogP) is 0.355. The minimum Gasteiger partial charge on any atom is -0.478 e. The first-order valence-corrected chi connectivity index (χ1v) is 10.4. The smallest absolute Gasteiger partial charge is 0.337 e. The fourth-order valence-electron chi connectivity index (χ4n) is 3.45. The number of likely N-dealkylation sites (tertiary alicyclic amines) is 1. The van der Waals surface area contributed by atoms with Crippen molar-refractivity contribution in [3.05, 3.63) is 29.1 Å². The number of carboxylic acid groups (broad SMARTS) is 1. The molecule has 0 saturated carbocycles. The molecule has 0 aliphatic carbocycles. The summed E-state index contributed by atoms with van der Waals surface area (Å²) in [6.07, 6.45) is 1.10. The normalized spacial score (nSPS) is 21.8. The van der Waals surface area contributed by atoms with Gasteiger partial charge in [-0.25, -0.2) is 18.2 Å². The van der Waals surface area contributed by atoms with Crippen LogP contribution >= 0.6 is 0 Å². The molecule has 0 spiro atoms. The highest BCUT2D eigenvalue weighted by atomic mass is 32.2. The number of aromatic carboxylic acids is 1. The topological polar surface area (TPSA) is 117 Å². The van der Waals surface area contributed by atoms with Crippen LogP contribution in [0.1, 0.15) is 39.4 Å². The maximum atomic E-state index is 12.9. The van der Waals surface area contributed by atoms with E-state index in [4.69, 9.17) is 9.84 Å². The lowest BCUT2D eigenvalue weighted by atomic mass is 10.1. The molecular formula is C17H23N3O6S. The summed E-state index contributed by atoms with van der Waals surface area (Å²) < 4.78 is 32.4. The number of aromatic nitrogens is 1. The summed E-state index contributed by atoms with van der Waals surface area (Å²) in [7, 11) is -3.50. The van der Waals surface area contributed by atoms with Crippen LogP contribution in [0, 0.1) is 6.92 Å². The van der Waals surface area contributed by atoms with Gasteiger partial charge in [0.15, 0.2) is 0 Å². The average Bonchev–Trinajstić information content (AvgIpc) is 2.67. The SMILES string of the molecule is Cc1nc(C(=O)N2CCCC(S(=O)(=O)N3CCOCC3)C2)ccc1C(=O)O. The van der Waals surface area contributed by atoms with Crippen LogP contribution in [-0.2, 0) is 14.8 Å². The first kappa shape index (κ1) is 19.7. The van der Waals surface area contributed by atoms with Gasteiger partial charge in [-0.05, 0) is 31.9 Å². The highest BCUT2D eigenvalue weighted by Gasteiger charge is 2.37. The molecule has 0 aromatic carbocycles. The van der Waals surface area contributed by atoms with Crippen LogP contribution in [0.5, 0.6) is 0 Å². The quantitative estimate of drug-likeness (QED) is 0.779. The van der Waals surface area contributed by atoms with Crippen LogP contribution in [0.15, 0.2) is 12.1 Å². The van der Waals surface area contributed by atoms with E-state index < -0.39 is 21.2 Å². The Bertz CT molecular complexity index is 835. The van der Waals surface area contributed by atoms with Gasteiger partial charge in [-0.2, -0.15) is 4.31 Å². The van der Waals surface area contributed by atoms with E-state index in [9.17, 15) is 18.0 Å². The van der Waals surface area contributed by atoms with Gasteiger partial charge in [0.25, 0.3) is 5.91 Å². The van der Waals surface area contributed by atoms with Crippen molar-refractivity contribution < 1.29 is 27.9 Å². The number of pyridine rings is 1. The number of sulfonamides is 1. The number of aryl methyl sites for hydroxylation is 1. The second-order valence-electron chi connectivity index (χ2n) is 6.71. The van der Waals surface area contributed by atoms with Gasteiger partial charge in [0.1, 0.15) is 5.69 Å². The van der Waals surface area contributed by atoms with E-state index in [2.05, 4.69) is 4.98 Å². The van der Waals surface area contributed by atoms with E-state index in [-0.39, 0.29) is 29.4 Å². The molecule has 1 aromatic heterocycles.